The van der Waals surface area contributed by atoms with Crippen LogP contribution in [0.3, 0.4) is 0 Å². The summed E-state index contributed by atoms with van der Waals surface area (Å²) in [7, 11) is 0. The van der Waals surface area contributed by atoms with Gasteiger partial charge in [-0.3, -0.25) is 19.3 Å². The predicted octanol–water partition coefficient (Wildman–Crippen LogP) is 0.794. The zero-order valence-electron chi connectivity index (χ0n) is 9.48. The number of hydrogen-bond donors (Lipinski definition) is 1. The monoisotopic (exact) mass is 310 g/mol. The van der Waals surface area contributed by atoms with Crippen molar-refractivity contribution in [1.82, 2.24) is 10.2 Å². The number of benzene rings is 1. The molecule has 0 bridgehead atoms. The minimum absolute atomic E-state index is 0.237. The van der Waals surface area contributed by atoms with E-state index in [1.165, 1.54) is 0 Å². The highest BCUT2D eigenvalue weighted by atomic mass is 79.9. The molecule has 2 rings (SSSR count). The van der Waals surface area contributed by atoms with E-state index in [4.69, 9.17) is 0 Å². The van der Waals surface area contributed by atoms with Gasteiger partial charge in [-0.05, 0) is 12.1 Å². The summed E-state index contributed by atoms with van der Waals surface area (Å²) in [6.45, 7) is 0.224. The maximum absolute atomic E-state index is 11.9. The largest absolute Gasteiger partial charge is 0.354 e. The molecule has 18 heavy (non-hydrogen) atoms. The van der Waals surface area contributed by atoms with E-state index in [-0.39, 0.29) is 12.5 Å². The van der Waals surface area contributed by atoms with Gasteiger partial charge in [-0.2, -0.15) is 0 Å². The van der Waals surface area contributed by atoms with Crippen molar-refractivity contribution >= 4 is 33.7 Å². The van der Waals surface area contributed by atoms with Crippen molar-refractivity contribution in [3.63, 3.8) is 0 Å². The molecule has 0 fully saturated rings. The first kappa shape index (κ1) is 12.8. The van der Waals surface area contributed by atoms with Crippen LogP contribution in [0.15, 0.2) is 24.3 Å². The van der Waals surface area contributed by atoms with Crippen LogP contribution in [0.1, 0.15) is 20.7 Å². The normalized spacial score (nSPS) is 13.7. The Balaban J connectivity index is 2.11. The van der Waals surface area contributed by atoms with Crippen molar-refractivity contribution in [2.75, 3.05) is 18.4 Å². The van der Waals surface area contributed by atoms with Crippen LogP contribution in [0.2, 0.25) is 0 Å². The Morgan fingerprint density at radius 2 is 1.72 bits per heavy atom. The number of rotatable bonds is 4. The predicted molar refractivity (Wildman–Crippen MR) is 68.6 cm³/mol. The molecule has 94 valence electrons. The Labute approximate surface area is 112 Å². The fourth-order valence-electron chi connectivity index (χ4n) is 1.77. The molecule has 1 N–H and O–H groups in total. The molecule has 0 spiro atoms. The maximum Gasteiger partial charge on any atom is 0.262 e. The van der Waals surface area contributed by atoms with Gasteiger partial charge >= 0.3 is 0 Å². The number of carbonyl (C=O) groups is 3. The van der Waals surface area contributed by atoms with Crippen molar-refractivity contribution in [3.8, 4) is 0 Å². The maximum atomic E-state index is 11.9. The Hall–Kier alpha value is -1.69. The molecule has 6 heteroatoms. The van der Waals surface area contributed by atoms with E-state index in [0.29, 0.717) is 23.0 Å². The van der Waals surface area contributed by atoms with Gasteiger partial charge in [0.15, 0.2) is 0 Å². The van der Waals surface area contributed by atoms with E-state index < -0.39 is 11.8 Å². The van der Waals surface area contributed by atoms with E-state index in [1.807, 2.05) is 0 Å². The molecule has 0 atom stereocenters. The fourth-order valence-corrected chi connectivity index (χ4v) is 1.97. The number of carbonyl (C=O) groups excluding carboxylic acids is 3. The summed E-state index contributed by atoms with van der Waals surface area (Å²) in [6.07, 6.45) is 0. The zero-order valence-corrected chi connectivity index (χ0v) is 11.1. The van der Waals surface area contributed by atoms with Crippen molar-refractivity contribution in [2.24, 2.45) is 0 Å². The third-order valence-corrected chi connectivity index (χ3v) is 2.99. The van der Waals surface area contributed by atoms with Gasteiger partial charge in [0.2, 0.25) is 5.91 Å². The molecule has 1 aliphatic heterocycles. The summed E-state index contributed by atoms with van der Waals surface area (Å²) in [5.41, 5.74) is 0.714. The average molecular weight is 311 g/mol. The van der Waals surface area contributed by atoms with Gasteiger partial charge < -0.3 is 5.32 Å². The lowest BCUT2D eigenvalue weighted by atomic mass is 10.1. The Kier molecular flexibility index (Phi) is 3.76. The van der Waals surface area contributed by atoms with Gasteiger partial charge in [0.25, 0.3) is 11.8 Å². The Morgan fingerprint density at radius 1 is 1.17 bits per heavy atom. The number of nitrogens with zero attached hydrogens (tertiary/aromatic N) is 1. The average Bonchev–Trinajstić information content (AvgIpc) is 2.62. The van der Waals surface area contributed by atoms with Crippen molar-refractivity contribution < 1.29 is 14.4 Å². The topological polar surface area (TPSA) is 66.5 Å². The van der Waals surface area contributed by atoms with Crippen LogP contribution in [0.4, 0.5) is 0 Å². The number of alkyl halides is 1. The van der Waals surface area contributed by atoms with Crippen LogP contribution >= 0.6 is 15.9 Å². The van der Waals surface area contributed by atoms with Gasteiger partial charge in [-0.1, -0.05) is 28.1 Å². The molecule has 3 amide bonds. The molecule has 1 aromatic rings. The van der Waals surface area contributed by atoms with Crippen LogP contribution in [0, 0.1) is 0 Å². The highest BCUT2D eigenvalue weighted by molar-refractivity contribution is 9.09. The summed E-state index contributed by atoms with van der Waals surface area (Å²) in [5, 5.41) is 3.22. The molecule has 1 heterocycles. The minimum atomic E-state index is -0.412. The lowest BCUT2D eigenvalue weighted by Gasteiger charge is -2.12. The minimum Gasteiger partial charge on any atom is -0.354 e. The quantitative estimate of drug-likeness (QED) is 0.660. The second kappa shape index (κ2) is 5.30. The molecule has 0 aliphatic carbocycles. The van der Waals surface area contributed by atoms with E-state index in [1.54, 1.807) is 24.3 Å². The number of nitrogens with one attached hydrogen (secondary N) is 1. The third-order valence-electron chi connectivity index (χ3n) is 2.60. The molecule has 0 saturated heterocycles. The van der Waals surface area contributed by atoms with Crippen LogP contribution in [-0.4, -0.2) is 41.0 Å². The van der Waals surface area contributed by atoms with E-state index in [9.17, 15) is 14.4 Å². The summed E-state index contributed by atoms with van der Waals surface area (Å²) < 4.78 is 0. The second-order valence-corrected chi connectivity index (χ2v) is 4.57. The molecule has 0 unspecified atom stereocenters. The molecule has 1 aromatic carbocycles. The van der Waals surface area contributed by atoms with E-state index in [0.717, 1.165) is 4.90 Å². The summed E-state index contributed by atoms with van der Waals surface area (Å²) >= 11 is 3.18. The first-order valence-corrected chi connectivity index (χ1v) is 6.55. The lowest BCUT2D eigenvalue weighted by Crippen LogP contribution is -2.40. The molecule has 0 aromatic heterocycles. The molecule has 0 radical (unpaired) electrons. The summed E-state index contributed by atoms with van der Waals surface area (Å²) in [5.74, 6) is -1.17. The van der Waals surface area contributed by atoms with Gasteiger partial charge in [0.05, 0.1) is 11.1 Å². The lowest BCUT2D eigenvalue weighted by molar-refractivity contribution is -0.121. The highest BCUT2D eigenvalue weighted by Gasteiger charge is 2.35. The molecular formula is C12H11BrN2O3. The summed E-state index contributed by atoms with van der Waals surface area (Å²) in [6, 6.07) is 6.56. The van der Waals surface area contributed by atoms with Crippen LogP contribution < -0.4 is 5.32 Å². The molecule has 0 saturated carbocycles. The van der Waals surface area contributed by atoms with Crippen LogP contribution in [0.25, 0.3) is 0 Å². The SMILES string of the molecule is O=C(CN1C(=O)c2ccccc2C1=O)NCCBr. The van der Waals surface area contributed by atoms with E-state index in [2.05, 4.69) is 21.2 Å². The number of halogens is 1. The molecule has 5 nitrogen and oxygen atoms in total. The van der Waals surface area contributed by atoms with Crippen LogP contribution in [0.5, 0.6) is 0 Å². The number of hydrogen-bond acceptors (Lipinski definition) is 3. The Bertz CT molecular complexity index is 481. The smallest absolute Gasteiger partial charge is 0.262 e. The standard InChI is InChI=1S/C12H11BrN2O3/c13-5-6-14-10(16)7-15-11(17)8-3-1-2-4-9(8)12(15)18/h1-4H,5-7H2,(H,14,16). The van der Waals surface area contributed by atoms with Gasteiger partial charge in [-0.25, -0.2) is 0 Å². The van der Waals surface area contributed by atoms with Gasteiger partial charge in [-0.15, -0.1) is 0 Å². The molecule has 1 aliphatic rings. The van der Waals surface area contributed by atoms with Crippen molar-refractivity contribution in [2.45, 2.75) is 0 Å². The highest BCUT2D eigenvalue weighted by Crippen LogP contribution is 2.21. The Morgan fingerprint density at radius 3 is 2.22 bits per heavy atom. The van der Waals surface area contributed by atoms with Crippen LogP contribution in [-0.2, 0) is 4.79 Å². The van der Waals surface area contributed by atoms with Gasteiger partial charge in [0.1, 0.15) is 6.54 Å². The van der Waals surface area contributed by atoms with Crippen molar-refractivity contribution in [3.05, 3.63) is 35.4 Å². The number of imide groups is 1. The molecular weight excluding hydrogens is 300 g/mol. The van der Waals surface area contributed by atoms with Gasteiger partial charge in [0, 0.05) is 11.9 Å². The second-order valence-electron chi connectivity index (χ2n) is 3.78. The number of amides is 3. The van der Waals surface area contributed by atoms with E-state index >= 15 is 0 Å². The first-order chi connectivity index (χ1) is 8.65. The zero-order chi connectivity index (χ0) is 13.1. The first-order valence-electron chi connectivity index (χ1n) is 5.43. The fraction of sp³-hybridized carbons (Fsp3) is 0.250. The summed E-state index contributed by atoms with van der Waals surface area (Å²) in [4.78, 5) is 36.4. The van der Waals surface area contributed by atoms with Crippen molar-refractivity contribution in [1.29, 1.82) is 0 Å². The third kappa shape index (κ3) is 2.28. The number of fused-ring (bicyclic) bond motifs is 1.